The monoisotopic (exact) mass is 1030 g/mol. The highest BCUT2D eigenvalue weighted by Crippen LogP contribution is 2.25. The summed E-state index contributed by atoms with van der Waals surface area (Å²) >= 11 is 22.8. The normalized spacial score (nSPS) is 11.5. The number of carbonyl (C=O) groups excluding carboxylic acids is 1. The molecular weight excluding hydrogens is 982 g/mol. The number of halogens is 4. The number of aromatic nitrogens is 9. The van der Waals surface area contributed by atoms with Crippen LogP contribution in [0, 0.1) is 13.8 Å². The van der Waals surface area contributed by atoms with Crippen molar-refractivity contribution in [1.82, 2.24) is 44.9 Å². The van der Waals surface area contributed by atoms with Gasteiger partial charge in [-0.05, 0) is 125 Å². The molecule has 0 saturated heterocycles. The maximum Gasteiger partial charge on any atom is 0.255 e. The van der Waals surface area contributed by atoms with E-state index in [1.54, 1.807) is 24.3 Å². The van der Waals surface area contributed by atoms with Crippen molar-refractivity contribution in [2.24, 2.45) is 0 Å². The average molecular weight is 1030 g/mol. The van der Waals surface area contributed by atoms with Gasteiger partial charge in [0.05, 0.1) is 11.4 Å². The predicted molar refractivity (Wildman–Crippen MR) is 284 cm³/mol. The molecule has 0 radical (unpaired) electrons. The lowest BCUT2D eigenvalue weighted by Gasteiger charge is -2.19. The lowest BCUT2D eigenvalue weighted by Crippen LogP contribution is -2.24. The molecule has 1 amide bonds. The van der Waals surface area contributed by atoms with Crippen LogP contribution in [0.1, 0.15) is 49.3 Å². The highest BCUT2D eigenvalue weighted by molar-refractivity contribution is 6.31. The van der Waals surface area contributed by atoms with E-state index in [0.29, 0.717) is 60.4 Å². The van der Waals surface area contributed by atoms with E-state index in [1.165, 1.54) is 22.3 Å². The van der Waals surface area contributed by atoms with Crippen LogP contribution in [0.4, 0.5) is 41.1 Å². The standard InChI is InChI=1S/C27H28N8O.C12H12Cl2N4.C11H10Cl2N4/c1-35(16-17-10-12-18(13-11-17)24(36)31-23-9-5-4-8-22(23)28)27-33-25(29)32-26(34-27)30-21-14-19-6-2-3-7-20(19)15-21;1-8-3-5-9(6-4-8)7-18(2)12-16-10(13)15-11(14)17-12;1-7-2-4-8(5-3-7)6-14-11-16-9(12)15-10(13)17-11/h2-13,21H,14-16,28H2,1H3,(H,31,36)(H3,29,30,32,33,34);3-6H,7H2,1-2H3;2-5H,6H2,1H3,(H,14,15,16,17). The fraction of sp³-hybridized carbons (Fsp3) is 0.200. The number of nitrogens with two attached hydrogens (primary N) is 2. The van der Waals surface area contributed by atoms with Crippen LogP contribution >= 0.6 is 46.4 Å². The van der Waals surface area contributed by atoms with E-state index >= 15 is 0 Å². The number of anilines is 7. The summed E-state index contributed by atoms with van der Waals surface area (Å²) in [6.07, 6.45) is 1.84. The lowest BCUT2D eigenvalue weighted by molar-refractivity contribution is 0.102. The van der Waals surface area contributed by atoms with Crippen LogP contribution in [0.25, 0.3) is 0 Å². The zero-order valence-corrected chi connectivity index (χ0v) is 42.2. The summed E-state index contributed by atoms with van der Waals surface area (Å²) in [5, 5.41) is 9.63. The van der Waals surface area contributed by atoms with Crippen molar-refractivity contribution in [2.75, 3.05) is 51.3 Å². The fourth-order valence-electron chi connectivity index (χ4n) is 7.19. The van der Waals surface area contributed by atoms with Gasteiger partial charge in [0.2, 0.25) is 50.9 Å². The van der Waals surface area contributed by atoms with E-state index < -0.39 is 0 Å². The minimum atomic E-state index is -0.220. The molecule has 1 aliphatic rings. The third-order valence-corrected chi connectivity index (χ3v) is 11.5. The van der Waals surface area contributed by atoms with Gasteiger partial charge in [0.25, 0.3) is 5.91 Å². The topological polar surface area (TPSA) is 228 Å². The molecule has 3 aromatic heterocycles. The van der Waals surface area contributed by atoms with Gasteiger partial charge in [-0.2, -0.15) is 44.9 Å². The number of para-hydroxylation sites is 2. The van der Waals surface area contributed by atoms with Crippen molar-refractivity contribution in [3.05, 3.63) is 187 Å². The highest BCUT2D eigenvalue weighted by atomic mass is 35.5. The number of rotatable bonds is 13. The Morgan fingerprint density at radius 1 is 0.563 bits per heavy atom. The van der Waals surface area contributed by atoms with Crippen LogP contribution in [0.5, 0.6) is 0 Å². The zero-order chi connectivity index (χ0) is 50.4. The van der Waals surface area contributed by atoms with Gasteiger partial charge in [0, 0.05) is 45.3 Å². The van der Waals surface area contributed by atoms with Gasteiger partial charge in [0.1, 0.15) is 0 Å². The number of benzene rings is 5. The summed E-state index contributed by atoms with van der Waals surface area (Å²) in [7, 11) is 3.77. The summed E-state index contributed by atoms with van der Waals surface area (Å²) < 4.78 is 0. The number of nitrogens with one attached hydrogen (secondary N) is 3. The molecule has 71 heavy (non-hydrogen) atoms. The van der Waals surface area contributed by atoms with Crippen molar-refractivity contribution in [1.29, 1.82) is 0 Å². The van der Waals surface area contributed by atoms with Gasteiger partial charge in [-0.3, -0.25) is 4.79 Å². The summed E-state index contributed by atoms with van der Waals surface area (Å²) in [5.41, 5.74) is 22.0. The molecule has 0 bridgehead atoms. The Balaban J connectivity index is 0.000000177. The molecule has 0 unspecified atom stereocenters. The quantitative estimate of drug-likeness (QED) is 0.0677. The highest BCUT2D eigenvalue weighted by Gasteiger charge is 2.22. The maximum atomic E-state index is 12.6. The summed E-state index contributed by atoms with van der Waals surface area (Å²) in [6.45, 7) is 5.92. The van der Waals surface area contributed by atoms with E-state index in [-0.39, 0.29) is 39.0 Å². The Kier molecular flexibility index (Phi) is 17.7. The number of hydrogen-bond donors (Lipinski definition) is 5. The van der Waals surface area contributed by atoms with E-state index in [1.807, 2.05) is 79.3 Å². The predicted octanol–water partition coefficient (Wildman–Crippen LogP) is 9.73. The number of nitrogen functional groups attached to an aromatic ring is 2. The van der Waals surface area contributed by atoms with Crippen LogP contribution in [-0.2, 0) is 32.5 Å². The van der Waals surface area contributed by atoms with Crippen LogP contribution in [0.15, 0.2) is 121 Å². The summed E-state index contributed by atoms with van der Waals surface area (Å²) in [4.78, 5) is 52.8. The Labute approximate surface area is 431 Å². The maximum absolute atomic E-state index is 12.6. The SMILES string of the molecule is CN(Cc1ccc(C(=O)Nc2ccccc2N)cc1)c1nc(N)nc(NC2Cc3ccccc3C2)n1.Cc1ccc(CN(C)c2nc(Cl)nc(Cl)n2)cc1.Cc1ccc(CNc2nc(Cl)nc(Cl)n2)cc1. The largest absolute Gasteiger partial charge is 0.397 e. The molecule has 3 heterocycles. The molecule has 0 saturated carbocycles. The molecule has 7 N–H and O–H groups in total. The van der Waals surface area contributed by atoms with Crippen molar-refractivity contribution in [3.63, 3.8) is 0 Å². The molecule has 0 aliphatic heterocycles. The molecule has 364 valence electrons. The van der Waals surface area contributed by atoms with Gasteiger partial charge in [0.15, 0.2) is 0 Å². The minimum absolute atomic E-state index is 0.0800. The molecule has 21 heteroatoms. The van der Waals surface area contributed by atoms with Crippen molar-refractivity contribution >= 4 is 93.4 Å². The molecule has 17 nitrogen and oxygen atoms in total. The van der Waals surface area contributed by atoms with Crippen molar-refractivity contribution in [3.8, 4) is 0 Å². The van der Waals surface area contributed by atoms with Gasteiger partial charge < -0.3 is 37.2 Å². The molecule has 0 atom stereocenters. The van der Waals surface area contributed by atoms with Crippen LogP contribution in [0.2, 0.25) is 21.1 Å². The second-order valence-corrected chi connectivity index (χ2v) is 17.8. The third kappa shape index (κ3) is 15.5. The van der Waals surface area contributed by atoms with Crippen molar-refractivity contribution in [2.45, 2.75) is 52.4 Å². The Bertz CT molecular complexity index is 2990. The Hall–Kier alpha value is -7.44. The van der Waals surface area contributed by atoms with Gasteiger partial charge in [-0.15, -0.1) is 0 Å². The third-order valence-electron chi connectivity index (χ3n) is 10.8. The second kappa shape index (κ2) is 24.4. The van der Waals surface area contributed by atoms with E-state index in [4.69, 9.17) is 57.9 Å². The van der Waals surface area contributed by atoms with Crippen LogP contribution < -0.4 is 37.2 Å². The summed E-state index contributed by atoms with van der Waals surface area (Å²) in [5.74, 6) is 1.72. The number of hydrogen-bond acceptors (Lipinski definition) is 16. The van der Waals surface area contributed by atoms with E-state index in [2.05, 4.69) is 116 Å². The first-order valence-corrected chi connectivity index (χ1v) is 23.6. The van der Waals surface area contributed by atoms with E-state index in [9.17, 15) is 4.79 Å². The number of nitrogens with zero attached hydrogens (tertiary/aromatic N) is 11. The molecule has 0 spiro atoms. The minimum Gasteiger partial charge on any atom is -0.397 e. The lowest BCUT2D eigenvalue weighted by atomic mass is 10.1. The molecule has 0 fully saturated rings. The first-order chi connectivity index (χ1) is 34.1. The number of aryl methyl sites for hydroxylation is 2. The van der Waals surface area contributed by atoms with E-state index in [0.717, 1.165) is 29.5 Å². The Morgan fingerprint density at radius 2 is 1.04 bits per heavy atom. The number of carbonyl (C=O) groups is 1. The zero-order valence-electron chi connectivity index (χ0n) is 39.2. The smallest absolute Gasteiger partial charge is 0.255 e. The number of amides is 1. The van der Waals surface area contributed by atoms with Gasteiger partial charge in [-0.25, -0.2) is 0 Å². The van der Waals surface area contributed by atoms with Gasteiger partial charge in [-0.1, -0.05) is 108 Å². The molecule has 8 aromatic rings. The molecule has 9 rings (SSSR count). The second-order valence-electron chi connectivity index (χ2n) is 16.5. The first kappa shape index (κ1) is 51.4. The average Bonchev–Trinajstić information content (AvgIpc) is 3.75. The molecule has 1 aliphatic carbocycles. The van der Waals surface area contributed by atoms with Crippen molar-refractivity contribution < 1.29 is 4.79 Å². The number of fused-ring (bicyclic) bond motifs is 1. The fourth-order valence-corrected chi connectivity index (χ4v) is 7.91. The first-order valence-electron chi connectivity index (χ1n) is 22.1. The summed E-state index contributed by atoms with van der Waals surface area (Å²) in [6, 6.07) is 39.6. The van der Waals surface area contributed by atoms with Gasteiger partial charge >= 0.3 is 0 Å². The molecule has 5 aromatic carbocycles. The van der Waals surface area contributed by atoms with Crippen LogP contribution in [-0.4, -0.2) is 70.9 Å². The Morgan fingerprint density at radius 3 is 1.59 bits per heavy atom. The van der Waals surface area contributed by atoms with Crippen LogP contribution in [0.3, 0.4) is 0 Å². The molecular formula is C50H50Cl4N16O.